The molecule has 0 fully saturated rings. The summed E-state index contributed by atoms with van der Waals surface area (Å²) in [7, 11) is -3.90. The molecule has 0 saturated carbocycles. The molecular formula is C4H10O5P. The smallest absolute Gasteiger partial charge is 0.369 e. The summed E-state index contributed by atoms with van der Waals surface area (Å²) in [6.45, 7) is 3.70. The maximum Gasteiger partial charge on any atom is 0.380 e. The van der Waals surface area contributed by atoms with Crippen molar-refractivity contribution in [3.05, 3.63) is 6.92 Å². The van der Waals surface area contributed by atoms with Crippen LogP contribution in [0.15, 0.2) is 0 Å². The molecule has 0 heterocycles. The molecular weight excluding hydrogens is 159 g/mol. The van der Waals surface area contributed by atoms with Crippen LogP contribution in [-0.2, 0) is 14.0 Å². The van der Waals surface area contributed by atoms with Crippen LogP contribution in [-0.4, -0.2) is 23.1 Å². The van der Waals surface area contributed by atoms with Crippen LogP contribution in [0, 0.1) is 6.92 Å². The topological polar surface area (TPSA) is 76.0 Å². The van der Waals surface area contributed by atoms with Gasteiger partial charge in [0.1, 0.15) is 0 Å². The van der Waals surface area contributed by atoms with Gasteiger partial charge in [-0.05, 0) is 6.42 Å². The third kappa shape index (κ3) is 4.90. The first-order valence-electron chi connectivity index (χ1n) is 2.64. The van der Waals surface area contributed by atoms with E-state index in [0.717, 1.165) is 0 Å². The molecule has 0 aromatic rings. The molecule has 0 aliphatic rings. The van der Waals surface area contributed by atoms with E-state index < -0.39 is 13.9 Å². The Hall–Kier alpha value is 0.0700. The molecule has 0 spiro atoms. The van der Waals surface area contributed by atoms with Gasteiger partial charge in [-0.1, -0.05) is 6.92 Å². The average molecular weight is 169 g/mol. The van der Waals surface area contributed by atoms with Crippen LogP contribution in [0.25, 0.3) is 0 Å². The Bertz CT molecular complexity index is 125. The number of ether oxygens (including phenoxy) is 1. The Morgan fingerprint density at radius 1 is 1.60 bits per heavy atom. The normalized spacial score (nSPS) is 16.7. The molecule has 1 unspecified atom stereocenters. The fraction of sp³-hybridized carbons (Fsp3) is 0.750. The fourth-order valence-electron chi connectivity index (χ4n) is 0.306. The van der Waals surface area contributed by atoms with Crippen molar-refractivity contribution in [1.82, 2.24) is 0 Å². The van der Waals surface area contributed by atoms with Gasteiger partial charge >= 0.3 is 7.60 Å². The van der Waals surface area contributed by atoms with Crippen molar-refractivity contribution in [2.75, 3.05) is 13.0 Å². The number of hydrogen-bond donors (Lipinski definition) is 2. The average Bonchev–Trinajstić information content (AvgIpc) is 1.89. The van der Waals surface area contributed by atoms with Gasteiger partial charge in [0.25, 0.3) is 0 Å². The lowest BCUT2D eigenvalue weighted by Gasteiger charge is -2.05. The van der Waals surface area contributed by atoms with Gasteiger partial charge in [0.15, 0.2) is 6.35 Å². The zero-order chi connectivity index (χ0) is 8.04. The Morgan fingerprint density at radius 3 is 2.60 bits per heavy atom. The van der Waals surface area contributed by atoms with Crippen molar-refractivity contribution in [3.63, 3.8) is 0 Å². The Kier molecular flexibility index (Phi) is 4.85. The quantitative estimate of drug-likeness (QED) is 0.276. The molecule has 0 amide bonds. The highest BCUT2D eigenvalue weighted by atomic mass is 31.2. The zero-order valence-electron chi connectivity index (χ0n) is 5.39. The molecule has 2 N–H and O–H groups in total. The molecule has 5 nitrogen and oxygen atoms in total. The minimum Gasteiger partial charge on any atom is -0.369 e. The van der Waals surface area contributed by atoms with Crippen LogP contribution >= 0.6 is 7.60 Å². The Morgan fingerprint density at radius 2 is 2.20 bits per heavy atom. The van der Waals surface area contributed by atoms with Gasteiger partial charge in [-0.15, -0.1) is 0 Å². The molecule has 0 saturated heterocycles. The maximum atomic E-state index is 10.4. The van der Waals surface area contributed by atoms with Gasteiger partial charge in [-0.2, -0.15) is 4.67 Å². The van der Waals surface area contributed by atoms with Crippen LogP contribution in [0.1, 0.15) is 6.42 Å². The predicted octanol–water partition coefficient (Wildman–Crippen LogP) is 0.860. The number of hydrogen-bond acceptors (Lipinski definition) is 4. The molecule has 0 aliphatic carbocycles. The summed E-state index contributed by atoms with van der Waals surface area (Å²) < 4.78 is 18.2. The fourth-order valence-corrected chi connectivity index (χ4v) is 0.713. The van der Waals surface area contributed by atoms with Crippen molar-refractivity contribution < 1.29 is 24.1 Å². The van der Waals surface area contributed by atoms with E-state index in [0.29, 0.717) is 6.42 Å². The first-order chi connectivity index (χ1) is 4.62. The van der Waals surface area contributed by atoms with E-state index in [2.05, 4.69) is 16.3 Å². The molecule has 1 radical (unpaired) electrons. The van der Waals surface area contributed by atoms with Gasteiger partial charge in [-0.25, -0.2) is 5.26 Å². The lowest BCUT2D eigenvalue weighted by atomic mass is 10.5. The second-order valence-electron chi connectivity index (χ2n) is 1.61. The van der Waals surface area contributed by atoms with E-state index in [4.69, 9.17) is 10.2 Å². The highest BCUT2D eigenvalue weighted by Gasteiger charge is 2.18. The predicted molar refractivity (Wildman–Crippen MR) is 34.3 cm³/mol. The van der Waals surface area contributed by atoms with Crippen molar-refractivity contribution >= 4 is 7.60 Å². The molecule has 61 valence electrons. The van der Waals surface area contributed by atoms with Gasteiger partial charge in [0.05, 0.1) is 0 Å². The Balaban J connectivity index is 3.38. The third-order valence-corrected chi connectivity index (χ3v) is 1.43. The molecule has 1 atom stereocenters. The van der Waals surface area contributed by atoms with Crippen molar-refractivity contribution in [2.45, 2.75) is 6.42 Å². The summed E-state index contributed by atoms with van der Waals surface area (Å²) in [4.78, 5) is 8.49. The van der Waals surface area contributed by atoms with Gasteiger partial charge in [0.2, 0.25) is 0 Å². The van der Waals surface area contributed by atoms with Crippen molar-refractivity contribution in [1.29, 1.82) is 0 Å². The van der Waals surface area contributed by atoms with E-state index in [1.54, 1.807) is 0 Å². The van der Waals surface area contributed by atoms with Gasteiger partial charge < -0.3 is 9.63 Å². The first kappa shape index (κ1) is 10.1. The molecule has 0 aliphatic heterocycles. The second kappa shape index (κ2) is 4.82. The maximum absolute atomic E-state index is 10.4. The first-order valence-corrected chi connectivity index (χ1v) is 4.40. The molecule has 0 bridgehead atoms. The minimum atomic E-state index is -3.90. The van der Waals surface area contributed by atoms with E-state index in [9.17, 15) is 4.57 Å². The van der Waals surface area contributed by atoms with Gasteiger partial charge in [-0.3, -0.25) is 4.57 Å². The highest BCUT2D eigenvalue weighted by molar-refractivity contribution is 7.52. The Labute approximate surface area is 59.0 Å². The largest absolute Gasteiger partial charge is 0.380 e. The lowest BCUT2D eigenvalue weighted by molar-refractivity contribution is -0.149. The van der Waals surface area contributed by atoms with Crippen LogP contribution in [0.2, 0.25) is 0 Å². The molecule has 6 heteroatoms. The van der Waals surface area contributed by atoms with E-state index in [1.807, 2.05) is 0 Å². The summed E-state index contributed by atoms with van der Waals surface area (Å²) >= 11 is 0. The number of rotatable bonds is 5. The molecule has 10 heavy (non-hydrogen) atoms. The zero-order valence-corrected chi connectivity index (χ0v) is 6.29. The summed E-state index contributed by atoms with van der Waals surface area (Å²) in [5.74, 6) is 0. The van der Waals surface area contributed by atoms with E-state index >= 15 is 0 Å². The van der Waals surface area contributed by atoms with E-state index in [1.165, 1.54) is 0 Å². The summed E-state index contributed by atoms with van der Waals surface area (Å²) in [6, 6.07) is 0. The second-order valence-corrected chi connectivity index (χ2v) is 3.31. The highest BCUT2D eigenvalue weighted by Crippen LogP contribution is 2.39. The van der Waals surface area contributed by atoms with Gasteiger partial charge in [0, 0.05) is 6.61 Å². The molecule has 0 aromatic heterocycles. The summed E-state index contributed by atoms with van der Waals surface area (Å²) in [5, 5.41) is 7.78. The van der Waals surface area contributed by atoms with Crippen LogP contribution in [0.4, 0.5) is 0 Å². The van der Waals surface area contributed by atoms with E-state index in [-0.39, 0.29) is 6.61 Å². The van der Waals surface area contributed by atoms with Crippen LogP contribution < -0.4 is 0 Å². The van der Waals surface area contributed by atoms with Crippen molar-refractivity contribution in [2.24, 2.45) is 0 Å². The van der Waals surface area contributed by atoms with Crippen LogP contribution in [0.3, 0.4) is 0 Å². The molecule has 0 rings (SSSR count). The van der Waals surface area contributed by atoms with Crippen molar-refractivity contribution in [3.8, 4) is 0 Å². The summed E-state index contributed by atoms with van der Waals surface area (Å²) in [5.41, 5.74) is 0. The minimum absolute atomic E-state index is 0.272. The third-order valence-electron chi connectivity index (χ3n) is 0.671. The SMILES string of the molecule is [CH2]CCOCP(=O)(O)OO. The summed E-state index contributed by atoms with van der Waals surface area (Å²) in [6.07, 6.45) is 0.00441. The monoisotopic (exact) mass is 169 g/mol. The standard InChI is InChI=1S/C4H10O5P/c1-2-3-8-4-10(6,7)9-5/h5H,1-4H2,(H,6,7). The lowest BCUT2D eigenvalue weighted by Crippen LogP contribution is -1.98. The van der Waals surface area contributed by atoms with Crippen LogP contribution in [0.5, 0.6) is 0 Å². The molecule has 0 aromatic carbocycles.